The second-order valence-electron chi connectivity index (χ2n) is 8.17. The van der Waals surface area contributed by atoms with E-state index in [4.69, 9.17) is 4.74 Å². The number of hydrogen-bond donors (Lipinski definition) is 0. The van der Waals surface area contributed by atoms with E-state index in [1.807, 2.05) is 41.3 Å². The molecule has 178 valence electrons. The number of methoxy groups -OCH3 is 1. The van der Waals surface area contributed by atoms with Crippen molar-refractivity contribution in [3.8, 4) is 5.75 Å². The van der Waals surface area contributed by atoms with Gasteiger partial charge in [0, 0.05) is 33.2 Å². The van der Waals surface area contributed by atoms with Crippen LogP contribution in [0.4, 0.5) is 11.4 Å². The Morgan fingerprint density at radius 1 is 0.882 bits per heavy atom. The van der Waals surface area contributed by atoms with Crippen LogP contribution in [0, 0.1) is 0 Å². The van der Waals surface area contributed by atoms with E-state index in [1.165, 1.54) is 11.4 Å². The maximum Gasteiger partial charge on any atom is 0.264 e. The van der Waals surface area contributed by atoms with Gasteiger partial charge in [-0.05, 0) is 42.0 Å². The topological polar surface area (TPSA) is 70.2 Å². The Morgan fingerprint density at radius 2 is 1.50 bits per heavy atom. The number of rotatable bonds is 7. The molecule has 1 aliphatic heterocycles. The average Bonchev–Trinajstić information content (AvgIpc) is 2.89. The molecule has 3 aromatic rings. The Labute approximate surface area is 201 Å². The number of carbonyl (C=O) groups excluding carboxylic acids is 1. The minimum absolute atomic E-state index is 0.0673. The zero-order chi connectivity index (χ0) is 24.1. The molecule has 0 atom stereocenters. The van der Waals surface area contributed by atoms with Crippen LogP contribution in [0.3, 0.4) is 0 Å². The third-order valence-electron chi connectivity index (χ3n) is 6.12. The minimum atomic E-state index is -3.63. The number of nitrogens with zero attached hydrogens (tertiary/aromatic N) is 3. The lowest BCUT2D eigenvalue weighted by Gasteiger charge is -2.36. The van der Waals surface area contributed by atoms with Crippen molar-refractivity contribution in [1.82, 2.24) is 4.90 Å². The van der Waals surface area contributed by atoms with Crippen molar-refractivity contribution in [2.24, 2.45) is 0 Å². The highest BCUT2D eigenvalue weighted by Gasteiger charge is 2.24. The summed E-state index contributed by atoms with van der Waals surface area (Å²) in [5.74, 6) is 0.902. The second kappa shape index (κ2) is 10.2. The van der Waals surface area contributed by atoms with Crippen LogP contribution in [0.2, 0.25) is 0 Å². The van der Waals surface area contributed by atoms with Crippen molar-refractivity contribution < 1.29 is 17.9 Å². The van der Waals surface area contributed by atoms with E-state index in [9.17, 15) is 13.2 Å². The normalized spacial score (nSPS) is 14.1. The van der Waals surface area contributed by atoms with Crippen LogP contribution < -0.4 is 13.9 Å². The van der Waals surface area contributed by atoms with Gasteiger partial charge >= 0.3 is 0 Å². The Balaban J connectivity index is 1.35. The fraction of sp³-hybridized carbons (Fsp3) is 0.269. The Hall–Kier alpha value is -3.52. The van der Waals surface area contributed by atoms with E-state index in [-0.39, 0.29) is 17.2 Å². The lowest BCUT2D eigenvalue weighted by Crippen LogP contribution is -2.49. The number of benzene rings is 3. The Morgan fingerprint density at radius 3 is 2.15 bits per heavy atom. The lowest BCUT2D eigenvalue weighted by atomic mass is 10.1. The Kier molecular flexibility index (Phi) is 7.07. The summed E-state index contributed by atoms with van der Waals surface area (Å²) < 4.78 is 32.4. The average molecular weight is 480 g/mol. The molecule has 0 N–H and O–H groups in total. The molecule has 1 saturated heterocycles. The van der Waals surface area contributed by atoms with Crippen LogP contribution >= 0.6 is 0 Å². The van der Waals surface area contributed by atoms with Gasteiger partial charge in [0.25, 0.3) is 10.0 Å². The standard InChI is InChI=1S/C26H29N3O4S/c1-27(34(31,32)23-8-4-3-5-9-23)22-14-12-21(13-15-22)20-26(30)29-18-16-28(17-19-29)24-10-6-7-11-25(24)33-2/h3-15H,16-20H2,1-2H3. The molecule has 0 aliphatic carbocycles. The molecule has 3 aromatic carbocycles. The highest BCUT2D eigenvalue weighted by atomic mass is 32.2. The first kappa shape index (κ1) is 23.6. The maximum atomic E-state index is 12.9. The second-order valence-corrected chi connectivity index (χ2v) is 10.1. The van der Waals surface area contributed by atoms with E-state index in [0.717, 1.165) is 30.1 Å². The summed E-state index contributed by atoms with van der Waals surface area (Å²) in [5.41, 5.74) is 2.44. The number of hydrogen-bond acceptors (Lipinski definition) is 5. The van der Waals surface area contributed by atoms with Gasteiger partial charge in [0.2, 0.25) is 5.91 Å². The molecule has 4 rings (SSSR count). The first-order valence-electron chi connectivity index (χ1n) is 11.2. The molecule has 1 amide bonds. The van der Waals surface area contributed by atoms with Crippen molar-refractivity contribution in [1.29, 1.82) is 0 Å². The van der Waals surface area contributed by atoms with Gasteiger partial charge in [-0.1, -0.05) is 42.5 Å². The molecule has 0 bridgehead atoms. The maximum absolute atomic E-state index is 12.9. The number of amides is 1. The predicted molar refractivity (Wildman–Crippen MR) is 134 cm³/mol. The molecular weight excluding hydrogens is 450 g/mol. The van der Waals surface area contributed by atoms with E-state index in [0.29, 0.717) is 18.8 Å². The molecule has 0 unspecified atom stereocenters. The van der Waals surface area contributed by atoms with Crippen LogP contribution in [0.15, 0.2) is 83.8 Å². The first-order valence-corrected chi connectivity index (χ1v) is 12.6. The van der Waals surface area contributed by atoms with Gasteiger partial charge in [-0.25, -0.2) is 8.42 Å². The van der Waals surface area contributed by atoms with Gasteiger partial charge in [-0.15, -0.1) is 0 Å². The summed E-state index contributed by atoms with van der Waals surface area (Å²) in [6.07, 6.45) is 0.282. The molecule has 1 aliphatic rings. The lowest BCUT2D eigenvalue weighted by molar-refractivity contribution is -0.130. The third kappa shape index (κ3) is 5.02. The smallest absolute Gasteiger partial charge is 0.264 e. The quantitative estimate of drug-likeness (QED) is 0.520. The molecule has 0 aromatic heterocycles. The molecule has 0 saturated carbocycles. The number of anilines is 2. The minimum Gasteiger partial charge on any atom is -0.495 e. The molecule has 0 spiro atoms. The van der Waals surface area contributed by atoms with E-state index < -0.39 is 10.0 Å². The van der Waals surface area contributed by atoms with Gasteiger partial charge in [0.05, 0.1) is 29.8 Å². The highest BCUT2D eigenvalue weighted by molar-refractivity contribution is 7.92. The number of carbonyl (C=O) groups is 1. The molecule has 1 fully saturated rings. The van der Waals surface area contributed by atoms with Crippen LogP contribution in [-0.2, 0) is 21.2 Å². The van der Waals surface area contributed by atoms with Crippen molar-refractivity contribution in [3.05, 3.63) is 84.4 Å². The van der Waals surface area contributed by atoms with Crippen molar-refractivity contribution in [2.45, 2.75) is 11.3 Å². The zero-order valence-electron chi connectivity index (χ0n) is 19.4. The van der Waals surface area contributed by atoms with Crippen LogP contribution in [-0.4, -0.2) is 59.6 Å². The van der Waals surface area contributed by atoms with Crippen LogP contribution in [0.1, 0.15) is 5.56 Å². The molecule has 0 radical (unpaired) electrons. The summed E-state index contributed by atoms with van der Waals surface area (Å²) in [7, 11) is -0.437. The molecule has 8 heteroatoms. The van der Waals surface area contributed by atoms with Gasteiger partial charge < -0.3 is 14.5 Å². The summed E-state index contributed by atoms with van der Waals surface area (Å²) in [6, 6.07) is 23.4. The first-order chi connectivity index (χ1) is 16.4. The van der Waals surface area contributed by atoms with E-state index in [1.54, 1.807) is 49.6 Å². The van der Waals surface area contributed by atoms with Crippen molar-refractivity contribution >= 4 is 27.3 Å². The van der Waals surface area contributed by atoms with Crippen molar-refractivity contribution in [3.63, 3.8) is 0 Å². The van der Waals surface area contributed by atoms with Gasteiger partial charge in [-0.3, -0.25) is 9.10 Å². The zero-order valence-corrected chi connectivity index (χ0v) is 20.2. The van der Waals surface area contributed by atoms with E-state index in [2.05, 4.69) is 4.90 Å². The summed E-state index contributed by atoms with van der Waals surface area (Å²) in [4.78, 5) is 17.2. The molecule has 7 nitrogen and oxygen atoms in total. The summed E-state index contributed by atoms with van der Waals surface area (Å²) >= 11 is 0. The number of ether oxygens (including phenoxy) is 1. The Bertz CT molecular complexity index is 1220. The van der Waals surface area contributed by atoms with Gasteiger partial charge in [-0.2, -0.15) is 0 Å². The van der Waals surface area contributed by atoms with Crippen molar-refractivity contribution in [2.75, 3.05) is 49.5 Å². The molecule has 34 heavy (non-hydrogen) atoms. The summed E-state index contributed by atoms with van der Waals surface area (Å²) in [6.45, 7) is 2.78. The number of para-hydroxylation sites is 2. The fourth-order valence-electron chi connectivity index (χ4n) is 4.09. The summed E-state index contributed by atoms with van der Waals surface area (Å²) in [5, 5.41) is 0. The predicted octanol–water partition coefficient (Wildman–Crippen LogP) is 3.41. The number of sulfonamides is 1. The molecular formula is C26H29N3O4S. The van der Waals surface area contributed by atoms with Gasteiger partial charge in [0.1, 0.15) is 5.75 Å². The number of piperazine rings is 1. The largest absolute Gasteiger partial charge is 0.495 e. The highest BCUT2D eigenvalue weighted by Crippen LogP contribution is 2.28. The molecule has 1 heterocycles. The monoisotopic (exact) mass is 479 g/mol. The fourth-order valence-corrected chi connectivity index (χ4v) is 5.30. The SMILES string of the molecule is COc1ccccc1N1CCN(C(=O)Cc2ccc(N(C)S(=O)(=O)c3ccccc3)cc2)CC1. The van der Waals surface area contributed by atoms with Gasteiger partial charge in [0.15, 0.2) is 0 Å². The van der Waals surface area contributed by atoms with Crippen LogP contribution in [0.5, 0.6) is 5.75 Å². The third-order valence-corrected chi connectivity index (χ3v) is 7.91. The van der Waals surface area contributed by atoms with E-state index >= 15 is 0 Å². The van der Waals surface area contributed by atoms with Crippen LogP contribution in [0.25, 0.3) is 0 Å².